The molecule has 0 saturated heterocycles. The Kier molecular flexibility index (Phi) is 7.40. The predicted octanol–water partition coefficient (Wildman–Crippen LogP) is 4.88. The summed E-state index contributed by atoms with van der Waals surface area (Å²) in [5, 5.41) is 0. The summed E-state index contributed by atoms with van der Waals surface area (Å²) in [6.45, 7) is 10.8. The van der Waals surface area contributed by atoms with Crippen molar-refractivity contribution >= 4 is 0 Å². The third kappa shape index (κ3) is 7.70. The predicted molar refractivity (Wildman–Crippen MR) is 72.7 cm³/mol. The highest BCUT2D eigenvalue weighted by atomic mass is 16.5. The molecule has 0 fully saturated rings. The molecule has 1 heteroatoms. The zero-order chi connectivity index (χ0) is 12.6. The molecule has 0 atom stereocenters. The highest BCUT2D eigenvalue weighted by Crippen LogP contribution is 2.24. The Morgan fingerprint density at radius 1 is 0.938 bits per heavy atom. The first-order chi connectivity index (χ1) is 7.39. The highest BCUT2D eigenvalue weighted by molar-refractivity contribution is 4.96. The Bertz CT molecular complexity index is 218. The van der Waals surface area contributed by atoms with Crippen LogP contribution >= 0.6 is 0 Å². The molecule has 0 N–H and O–H groups in total. The van der Waals surface area contributed by atoms with Crippen molar-refractivity contribution in [2.45, 2.75) is 65.9 Å². The van der Waals surface area contributed by atoms with Gasteiger partial charge in [-0.2, -0.15) is 0 Å². The molecule has 0 rings (SSSR count). The Labute approximate surface area is 102 Å². The lowest BCUT2D eigenvalue weighted by Crippen LogP contribution is -2.26. The van der Waals surface area contributed by atoms with E-state index in [1.54, 1.807) is 0 Å². The van der Waals surface area contributed by atoms with Gasteiger partial charge in [-0.3, -0.25) is 0 Å². The molecule has 0 aromatic rings. The van der Waals surface area contributed by atoms with Crippen LogP contribution in [0.2, 0.25) is 0 Å². The maximum Gasteiger partial charge on any atom is 0.0656 e. The largest absolute Gasteiger partial charge is 0.379 e. The maximum absolute atomic E-state index is 5.64. The molecule has 1 nitrogen and oxygen atoms in total. The van der Waals surface area contributed by atoms with Crippen molar-refractivity contribution in [3.63, 3.8) is 0 Å². The molecule has 0 aromatic carbocycles. The van der Waals surface area contributed by atoms with Gasteiger partial charge < -0.3 is 4.74 Å². The van der Waals surface area contributed by atoms with Gasteiger partial charge in [0.25, 0.3) is 0 Å². The molecule has 0 radical (unpaired) electrons. The first kappa shape index (κ1) is 15.4. The van der Waals surface area contributed by atoms with Gasteiger partial charge in [-0.1, -0.05) is 23.3 Å². The molecule has 16 heavy (non-hydrogen) atoms. The van der Waals surface area contributed by atoms with E-state index in [9.17, 15) is 0 Å². The number of allylic oxidation sites excluding steroid dienone is 4. The molecule has 0 amide bonds. The molecule has 0 aliphatic heterocycles. The molecular formula is C15H28O. The fraction of sp³-hybridized carbons (Fsp3) is 0.733. The lowest BCUT2D eigenvalue weighted by atomic mass is 9.93. The molecule has 0 heterocycles. The van der Waals surface area contributed by atoms with E-state index in [2.05, 4.69) is 46.8 Å². The van der Waals surface area contributed by atoms with Gasteiger partial charge in [0.1, 0.15) is 0 Å². The van der Waals surface area contributed by atoms with Crippen molar-refractivity contribution in [2.75, 3.05) is 7.11 Å². The van der Waals surface area contributed by atoms with Crippen LogP contribution in [0.15, 0.2) is 23.3 Å². The number of ether oxygens (including phenoxy) is 1. The topological polar surface area (TPSA) is 9.23 Å². The summed E-state index contributed by atoms with van der Waals surface area (Å²) >= 11 is 0. The van der Waals surface area contributed by atoms with Gasteiger partial charge in [0.05, 0.1) is 5.60 Å². The van der Waals surface area contributed by atoms with Crippen molar-refractivity contribution in [3.8, 4) is 0 Å². The van der Waals surface area contributed by atoms with E-state index >= 15 is 0 Å². The van der Waals surface area contributed by atoms with Crippen LogP contribution < -0.4 is 0 Å². The van der Waals surface area contributed by atoms with Gasteiger partial charge >= 0.3 is 0 Å². The zero-order valence-electron chi connectivity index (χ0n) is 11.9. The number of hydrogen-bond donors (Lipinski definition) is 0. The first-order valence-corrected chi connectivity index (χ1v) is 6.21. The molecular weight excluding hydrogens is 196 g/mol. The average molecular weight is 224 g/mol. The molecule has 0 bridgehead atoms. The van der Waals surface area contributed by atoms with Crippen molar-refractivity contribution < 1.29 is 4.74 Å². The van der Waals surface area contributed by atoms with Gasteiger partial charge in [-0.05, 0) is 60.3 Å². The van der Waals surface area contributed by atoms with Crippen molar-refractivity contribution in [1.29, 1.82) is 0 Å². The van der Waals surface area contributed by atoms with Crippen molar-refractivity contribution in [1.82, 2.24) is 0 Å². The van der Waals surface area contributed by atoms with E-state index in [-0.39, 0.29) is 5.60 Å². The van der Waals surface area contributed by atoms with E-state index in [4.69, 9.17) is 4.74 Å². The van der Waals surface area contributed by atoms with Crippen LogP contribution in [0, 0.1) is 0 Å². The molecule has 0 saturated carbocycles. The van der Waals surface area contributed by atoms with Crippen molar-refractivity contribution in [2.24, 2.45) is 0 Å². The third-order valence-electron chi connectivity index (χ3n) is 2.94. The average Bonchev–Trinajstić information content (AvgIpc) is 2.16. The monoisotopic (exact) mass is 224 g/mol. The van der Waals surface area contributed by atoms with Crippen LogP contribution in [-0.2, 0) is 4.74 Å². The Morgan fingerprint density at radius 3 is 1.56 bits per heavy atom. The fourth-order valence-corrected chi connectivity index (χ4v) is 1.66. The van der Waals surface area contributed by atoms with E-state index in [0.29, 0.717) is 0 Å². The van der Waals surface area contributed by atoms with Crippen LogP contribution in [0.4, 0.5) is 0 Å². The molecule has 0 spiro atoms. The molecule has 0 aliphatic rings. The summed E-state index contributed by atoms with van der Waals surface area (Å²) in [7, 11) is 1.82. The van der Waals surface area contributed by atoms with Gasteiger partial charge in [0.2, 0.25) is 0 Å². The van der Waals surface area contributed by atoms with Gasteiger partial charge in [-0.15, -0.1) is 0 Å². The van der Waals surface area contributed by atoms with E-state index < -0.39 is 0 Å². The summed E-state index contributed by atoms with van der Waals surface area (Å²) in [6.07, 6.45) is 9.01. The van der Waals surface area contributed by atoms with Crippen LogP contribution in [0.1, 0.15) is 60.3 Å². The second-order valence-corrected chi connectivity index (χ2v) is 5.29. The minimum absolute atomic E-state index is 0.0257. The van der Waals surface area contributed by atoms with E-state index in [0.717, 1.165) is 25.7 Å². The Hall–Kier alpha value is -0.560. The van der Waals surface area contributed by atoms with Gasteiger partial charge in [-0.25, -0.2) is 0 Å². The number of rotatable bonds is 7. The highest BCUT2D eigenvalue weighted by Gasteiger charge is 2.21. The SMILES string of the molecule is COC(C)(CCC=C(C)C)CCC=C(C)C. The summed E-state index contributed by atoms with van der Waals surface area (Å²) in [6, 6.07) is 0. The second kappa shape index (κ2) is 7.67. The Balaban J connectivity index is 4.10. The lowest BCUT2D eigenvalue weighted by Gasteiger charge is -2.27. The zero-order valence-corrected chi connectivity index (χ0v) is 11.9. The molecule has 94 valence electrons. The molecule has 0 unspecified atom stereocenters. The van der Waals surface area contributed by atoms with Gasteiger partial charge in [0.15, 0.2) is 0 Å². The quantitative estimate of drug-likeness (QED) is 0.560. The third-order valence-corrected chi connectivity index (χ3v) is 2.94. The summed E-state index contributed by atoms with van der Waals surface area (Å²) in [5.41, 5.74) is 2.81. The van der Waals surface area contributed by atoms with Crippen molar-refractivity contribution in [3.05, 3.63) is 23.3 Å². The summed E-state index contributed by atoms with van der Waals surface area (Å²) < 4.78 is 5.64. The molecule has 0 aliphatic carbocycles. The van der Waals surface area contributed by atoms with Crippen LogP contribution in [0.5, 0.6) is 0 Å². The van der Waals surface area contributed by atoms with Crippen LogP contribution in [-0.4, -0.2) is 12.7 Å². The smallest absolute Gasteiger partial charge is 0.0656 e. The molecule has 0 aromatic heterocycles. The number of hydrogen-bond acceptors (Lipinski definition) is 1. The maximum atomic E-state index is 5.64. The number of methoxy groups -OCH3 is 1. The van der Waals surface area contributed by atoms with E-state index in [1.807, 2.05) is 7.11 Å². The van der Waals surface area contributed by atoms with E-state index in [1.165, 1.54) is 11.1 Å². The summed E-state index contributed by atoms with van der Waals surface area (Å²) in [5.74, 6) is 0. The first-order valence-electron chi connectivity index (χ1n) is 6.21. The second-order valence-electron chi connectivity index (χ2n) is 5.29. The van der Waals surface area contributed by atoms with Gasteiger partial charge in [0, 0.05) is 7.11 Å². The lowest BCUT2D eigenvalue weighted by molar-refractivity contribution is -0.00663. The summed E-state index contributed by atoms with van der Waals surface area (Å²) in [4.78, 5) is 0. The Morgan fingerprint density at radius 2 is 1.31 bits per heavy atom. The minimum atomic E-state index is 0.0257. The standard InChI is InChI=1S/C15H28O/c1-13(2)9-7-11-15(5,16-6)12-8-10-14(3)4/h9-10H,7-8,11-12H2,1-6H3. The minimum Gasteiger partial charge on any atom is -0.379 e. The normalized spacial score (nSPS) is 11.1. The fourth-order valence-electron chi connectivity index (χ4n) is 1.66. The van der Waals surface area contributed by atoms with Crippen LogP contribution in [0.3, 0.4) is 0 Å². The van der Waals surface area contributed by atoms with Crippen LogP contribution in [0.25, 0.3) is 0 Å².